The van der Waals surface area contributed by atoms with Crippen molar-refractivity contribution in [3.8, 4) is 11.4 Å². The van der Waals surface area contributed by atoms with Gasteiger partial charge in [0, 0.05) is 22.0 Å². The highest BCUT2D eigenvalue weighted by Gasteiger charge is 2.16. The number of hydrogen-bond acceptors (Lipinski definition) is 4. The lowest BCUT2D eigenvalue weighted by Gasteiger charge is -2.08. The number of halogens is 1. The van der Waals surface area contributed by atoms with Crippen molar-refractivity contribution in [2.45, 2.75) is 20.3 Å². The molecule has 0 saturated heterocycles. The van der Waals surface area contributed by atoms with Crippen LogP contribution in [-0.4, -0.2) is 28.2 Å². The van der Waals surface area contributed by atoms with Crippen LogP contribution in [0.15, 0.2) is 48.5 Å². The maximum Gasteiger partial charge on any atom is 0.255 e. The smallest absolute Gasteiger partial charge is 0.255 e. The van der Waals surface area contributed by atoms with Gasteiger partial charge in [-0.1, -0.05) is 11.6 Å². The van der Waals surface area contributed by atoms with Gasteiger partial charge in [-0.25, -0.2) is 4.68 Å². The summed E-state index contributed by atoms with van der Waals surface area (Å²) < 4.78 is 7.00. The molecule has 3 aromatic rings. The molecule has 0 aliphatic carbocycles. The molecule has 2 aromatic carbocycles. The van der Waals surface area contributed by atoms with Crippen LogP contribution in [0.5, 0.6) is 5.75 Å². The van der Waals surface area contributed by atoms with Crippen molar-refractivity contribution in [1.29, 1.82) is 0 Å². The Labute approximate surface area is 173 Å². The minimum absolute atomic E-state index is 0.155. The number of hydrogen-bond donors (Lipinski definition) is 2. The first-order valence-electron chi connectivity index (χ1n) is 8.95. The second-order valence-electron chi connectivity index (χ2n) is 6.54. The molecule has 0 saturated carbocycles. The highest BCUT2D eigenvalue weighted by Crippen LogP contribution is 2.21. The predicted molar refractivity (Wildman–Crippen MR) is 112 cm³/mol. The van der Waals surface area contributed by atoms with Crippen LogP contribution in [0.4, 0.5) is 5.69 Å². The minimum atomic E-state index is -0.549. The van der Waals surface area contributed by atoms with Crippen LogP contribution in [0, 0.1) is 13.8 Å². The number of carbonyl (C=O) groups excluding carboxylic acids is 2. The maximum absolute atomic E-state index is 12.5. The first kappa shape index (κ1) is 20.4. The summed E-state index contributed by atoms with van der Waals surface area (Å²) in [6.45, 7) is 3.62. The van der Waals surface area contributed by atoms with Gasteiger partial charge < -0.3 is 15.8 Å². The van der Waals surface area contributed by atoms with Crippen LogP contribution >= 0.6 is 11.6 Å². The molecular weight excluding hydrogens is 392 g/mol. The van der Waals surface area contributed by atoms with Crippen LogP contribution in [0.1, 0.15) is 17.0 Å². The van der Waals surface area contributed by atoms with Gasteiger partial charge >= 0.3 is 0 Å². The van der Waals surface area contributed by atoms with Gasteiger partial charge in [0.15, 0.2) is 6.61 Å². The summed E-state index contributed by atoms with van der Waals surface area (Å²) in [6, 6.07) is 14.1. The number of amides is 2. The molecule has 7 nitrogen and oxygen atoms in total. The Kier molecular flexibility index (Phi) is 6.19. The molecule has 0 bridgehead atoms. The fourth-order valence-electron chi connectivity index (χ4n) is 2.92. The van der Waals surface area contributed by atoms with E-state index in [1.54, 1.807) is 41.1 Å². The van der Waals surface area contributed by atoms with Crippen LogP contribution in [0.2, 0.25) is 5.02 Å². The van der Waals surface area contributed by atoms with Crippen molar-refractivity contribution in [1.82, 2.24) is 9.78 Å². The second kappa shape index (κ2) is 8.79. The fraction of sp³-hybridized carbons (Fsp3) is 0.190. The third-order valence-corrected chi connectivity index (χ3v) is 4.62. The Morgan fingerprint density at radius 1 is 1.10 bits per heavy atom. The van der Waals surface area contributed by atoms with Crippen LogP contribution < -0.4 is 15.8 Å². The largest absolute Gasteiger partial charge is 0.484 e. The van der Waals surface area contributed by atoms with Gasteiger partial charge in [-0.2, -0.15) is 5.10 Å². The quantitative estimate of drug-likeness (QED) is 0.622. The molecule has 0 atom stereocenters. The molecule has 29 heavy (non-hydrogen) atoms. The number of primary amides is 1. The molecule has 1 heterocycles. The minimum Gasteiger partial charge on any atom is -0.484 e. The molecule has 3 N–H and O–H groups in total. The molecule has 8 heteroatoms. The predicted octanol–water partition coefficient (Wildman–Crippen LogP) is 3.19. The van der Waals surface area contributed by atoms with Gasteiger partial charge in [0.1, 0.15) is 5.75 Å². The summed E-state index contributed by atoms with van der Waals surface area (Å²) in [6.07, 6.45) is 0.200. The van der Waals surface area contributed by atoms with E-state index in [0.717, 1.165) is 22.6 Å². The van der Waals surface area contributed by atoms with E-state index in [-0.39, 0.29) is 18.9 Å². The standard InChI is InChI=1S/C21H21ClN4O3/c1-13-19(14(2)26(25-13)17-7-3-15(22)4-8-17)11-21(28)24-16-5-9-18(10-6-16)29-12-20(23)27/h3-10H,11-12H2,1-2H3,(H2,23,27)(H,24,28). The van der Waals surface area contributed by atoms with Crippen molar-refractivity contribution < 1.29 is 14.3 Å². The Hall–Kier alpha value is -3.32. The van der Waals surface area contributed by atoms with E-state index in [4.69, 9.17) is 22.1 Å². The highest BCUT2D eigenvalue weighted by atomic mass is 35.5. The third-order valence-electron chi connectivity index (χ3n) is 4.37. The zero-order valence-electron chi connectivity index (χ0n) is 16.1. The van der Waals surface area contributed by atoms with Gasteiger partial charge in [0.25, 0.3) is 5.91 Å². The summed E-state index contributed by atoms with van der Waals surface area (Å²) in [7, 11) is 0. The highest BCUT2D eigenvalue weighted by molar-refractivity contribution is 6.30. The van der Waals surface area contributed by atoms with E-state index in [0.29, 0.717) is 16.5 Å². The molecule has 3 rings (SSSR count). The molecule has 150 valence electrons. The second-order valence-corrected chi connectivity index (χ2v) is 6.98. The van der Waals surface area contributed by atoms with Crippen molar-refractivity contribution >= 4 is 29.1 Å². The molecule has 0 spiro atoms. The molecule has 0 radical (unpaired) electrons. The SMILES string of the molecule is Cc1nn(-c2ccc(Cl)cc2)c(C)c1CC(=O)Nc1ccc(OCC(N)=O)cc1. The number of aryl methyl sites for hydroxylation is 1. The number of anilines is 1. The maximum atomic E-state index is 12.5. The molecule has 0 aliphatic heterocycles. The van der Waals surface area contributed by atoms with Gasteiger partial charge in [0.05, 0.1) is 17.8 Å². The van der Waals surface area contributed by atoms with Crippen molar-refractivity contribution in [2.24, 2.45) is 5.73 Å². The monoisotopic (exact) mass is 412 g/mol. The normalized spacial score (nSPS) is 10.6. The van der Waals surface area contributed by atoms with E-state index < -0.39 is 5.91 Å². The van der Waals surface area contributed by atoms with Gasteiger partial charge in [-0.05, 0) is 62.4 Å². The number of aromatic nitrogens is 2. The number of nitrogens with zero attached hydrogens (tertiary/aromatic N) is 2. The summed E-state index contributed by atoms with van der Waals surface area (Å²) in [5.74, 6) is -0.206. The molecule has 0 fully saturated rings. The summed E-state index contributed by atoms with van der Waals surface area (Å²) in [5.41, 5.74) is 9.12. The Balaban J connectivity index is 1.68. The van der Waals surface area contributed by atoms with Gasteiger partial charge in [-0.3, -0.25) is 9.59 Å². The number of nitrogens with two attached hydrogens (primary N) is 1. The Bertz CT molecular complexity index is 1030. The number of benzene rings is 2. The fourth-order valence-corrected chi connectivity index (χ4v) is 3.05. The molecule has 0 aliphatic rings. The zero-order valence-corrected chi connectivity index (χ0v) is 16.9. The first-order chi connectivity index (χ1) is 13.8. The lowest BCUT2D eigenvalue weighted by molar-refractivity contribution is -0.120. The van der Waals surface area contributed by atoms with Crippen LogP contribution in [0.25, 0.3) is 5.69 Å². The van der Waals surface area contributed by atoms with Gasteiger partial charge in [-0.15, -0.1) is 0 Å². The van der Waals surface area contributed by atoms with E-state index in [2.05, 4.69) is 10.4 Å². The van der Waals surface area contributed by atoms with E-state index in [1.807, 2.05) is 26.0 Å². The average Bonchev–Trinajstić information content (AvgIpc) is 2.96. The molecule has 1 aromatic heterocycles. The number of nitrogens with one attached hydrogen (secondary N) is 1. The van der Waals surface area contributed by atoms with Crippen LogP contribution in [-0.2, 0) is 16.0 Å². The molecule has 2 amide bonds. The topological polar surface area (TPSA) is 99.2 Å². The average molecular weight is 413 g/mol. The number of ether oxygens (including phenoxy) is 1. The lowest BCUT2D eigenvalue weighted by atomic mass is 10.1. The Morgan fingerprint density at radius 3 is 2.38 bits per heavy atom. The lowest BCUT2D eigenvalue weighted by Crippen LogP contribution is -2.20. The van der Waals surface area contributed by atoms with E-state index >= 15 is 0 Å². The van der Waals surface area contributed by atoms with Crippen LogP contribution in [0.3, 0.4) is 0 Å². The van der Waals surface area contributed by atoms with E-state index in [9.17, 15) is 9.59 Å². The summed E-state index contributed by atoms with van der Waals surface area (Å²) in [4.78, 5) is 23.3. The van der Waals surface area contributed by atoms with Crippen molar-refractivity contribution in [3.63, 3.8) is 0 Å². The number of rotatable bonds is 7. The summed E-state index contributed by atoms with van der Waals surface area (Å²) in [5, 5.41) is 8.06. The van der Waals surface area contributed by atoms with Gasteiger partial charge in [0.2, 0.25) is 5.91 Å². The van der Waals surface area contributed by atoms with Crippen molar-refractivity contribution in [2.75, 3.05) is 11.9 Å². The first-order valence-corrected chi connectivity index (χ1v) is 9.33. The number of carbonyl (C=O) groups is 2. The molecular formula is C21H21ClN4O3. The third kappa shape index (κ3) is 5.14. The zero-order chi connectivity index (χ0) is 21.0. The van der Waals surface area contributed by atoms with Crippen molar-refractivity contribution in [3.05, 3.63) is 70.5 Å². The molecule has 0 unspecified atom stereocenters. The summed E-state index contributed by atoms with van der Waals surface area (Å²) >= 11 is 5.95. The Morgan fingerprint density at radius 2 is 1.76 bits per heavy atom. The van der Waals surface area contributed by atoms with E-state index in [1.165, 1.54) is 0 Å².